The third kappa shape index (κ3) is 6.12. The number of hydrazone groups is 1. The molecule has 9 nitrogen and oxygen atoms in total. The second-order valence-corrected chi connectivity index (χ2v) is 7.45. The number of phenolic OH excluding ortho intramolecular Hbond substituents is 1. The predicted molar refractivity (Wildman–Crippen MR) is 124 cm³/mol. The van der Waals surface area contributed by atoms with E-state index in [1.54, 1.807) is 24.3 Å². The first kappa shape index (κ1) is 23.8. The Labute approximate surface area is 198 Å². The summed E-state index contributed by atoms with van der Waals surface area (Å²) in [6.45, 7) is 0.240. The van der Waals surface area contributed by atoms with Gasteiger partial charge in [0.05, 0.1) is 28.8 Å². The second kappa shape index (κ2) is 10.7. The van der Waals surface area contributed by atoms with Crippen molar-refractivity contribution in [3.8, 4) is 17.2 Å². The van der Waals surface area contributed by atoms with Crippen LogP contribution in [0.25, 0.3) is 0 Å². The molecule has 11 heteroatoms. The maximum Gasteiger partial charge on any atom is 0.275 e. The summed E-state index contributed by atoms with van der Waals surface area (Å²) in [5, 5.41) is 25.3. The number of hydrogen-bond acceptors (Lipinski definition) is 7. The number of nitrogens with one attached hydrogen (secondary N) is 1. The number of phenols is 1. The fraction of sp³-hybridized carbons (Fsp3) is 0.0909. The van der Waals surface area contributed by atoms with Crippen molar-refractivity contribution in [3.05, 3.63) is 91.4 Å². The zero-order valence-corrected chi connectivity index (χ0v) is 18.6. The third-order valence-electron chi connectivity index (χ3n) is 4.36. The van der Waals surface area contributed by atoms with Crippen LogP contribution >= 0.6 is 23.2 Å². The minimum atomic E-state index is -0.826. The number of methoxy groups -OCH3 is 1. The maximum atomic E-state index is 12.2. The van der Waals surface area contributed by atoms with Gasteiger partial charge in [-0.1, -0.05) is 35.3 Å². The van der Waals surface area contributed by atoms with Crippen LogP contribution < -0.4 is 14.9 Å². The molecule has 0 aliphatic rings. The molecule has 0 saturated carbocycles. The normalized spacial score (nSPS) is 10.8. The summed E-state index contributed by atoms with van der Waals surface area (Å²) in [4.78, 5) is 22.4. The van der Waals surface area contributed by atoms with Gasteiger partial charge in [-0.25, -0.2) is 5.43 Å². The van der Waals surface area contributed by atoms with E-state index in [4.69, 9.17) is 32.7 Å². The molecule has 3 aromatic rings. The molecule has 0 bridgehead atoms. The highest BCUT2D eigenvalue weighted by molar-refractivity contribution is 6.32. The average molecular weight is 490 g/mol. The molecule has 3 rings (SSSR count). The Balaban J connectivity index is 1.71. The van der Waals surface area contributed by atoms with Crippen LogP contribution in [0.3, 0.4) is 0 Å². The lowest BCUT2D eigenvalue weighted by atomic mass is 10.1. The molecule has 0 aliphatic heterocycles. The van der Waals surface area contributed by atoms with E-state index in [0.29, 0.717) is 22.1 Å². The van der Waals surface area contributed by atoms with Gasteiger partial charge in [0.2, 0.25) is 0 Å². The topological polar surface area (TPSA) is 123 Å². The molecule has 0 unspecified atom stereocenters. The van der Waals surface area contributed by atoms with Crippen LogP contribution in [-0.4, -0.2) is 29.3 Å². The zero-order chi connectivity index (χ0) is 24.0. The number of nitro groups is 1. The minimum absolute atomic E-state index is 0.240. The Bertz CT molecular complexity index is 1220. The first-order valence-corrected chi connectivity index (χ1v) is 10.1. The molecule has 170 valence electrons. The fourth-order valence-corrected chi connectivity index (χ4v) is 3.14. The maximum absolute atomic E-state index is 12.2. The molecular formula is C22H17Cl2N3O6. The molecule has 2 N–H and O–H groups in total. The lowest BCUT2D eigenvalue weighted by molar-refractivity contribution is -0.384. The van der Waals surface area contributed by atoms with Gasteiger partial charge in [-0.3, -0.25) is 14.9 Å². The van der Waals surface area contributed by atoms with Gasteiger partial charge in [-0.15, -0.1) is 0 Å². The molecule has 0 radical (unpaired) electrons. The van der Waals surface area contributed by atoms with E-state index in [1.165, 1.54) is 13.3 Å². The number of carbonyl (C=O) groups excluding carboxylic acids is 1. The Hall–Kier alpha value is -3.82. The van der Waals surface area contributed by atoms with Crippen molar-refractivity contribution in [1.82, 2.24) is 5.43 Å². The summed E-state index contributed by atoms with van der Waals surface area (Å²) in [7, 11) is 1.45. The number of non-ortho nitro benzene ring substituents is 1. The smallest absolute Gasteiger partial charge is 0.275 e. The first-order chi connectivity index (χ1) is 15.8. The van der Waals surface area contributed by atoms with Crippen molar-refractivity contribution in [2.45, 2.75) is 6.61 Å². The summed E-state index contributed by atoms with van der Waals surface area (Å²) in [5.41, 5.74) is 2.94. The zero-order valence-electron chi connectivity index (χ0n) is 17.1. The van der Waals surface area contributed by atoms with Gasteiger partial charge < -0.3 is 14.6 Å². The number of benzene rings is 3. The van der Waals surface area contributed by atoms with Gasteiger partial charge >= 0.3 is 0 Å². The van der Waals surface area contributed by atoms with E-state index in [2.05, 4.69) is 10.5 Å². The number of aromatic hydroxyl groups is 1. The summed E-state index contributed by atoms with van der Waals surface area (Å²) in [5.74, 6) is -0.564. The summed E-state index contributed by atoms with van der Waals surface area (Å²) in [6, 6.07) is 13.4. The highest BCUT2D eigenvalue weighted by Crippen LogP contribution is 2.36. The Kier molecular flexibility index (Phi) is 7.70. The number of halogens is 2. The van der Waals surface area contributed by atoms with Crippen LogP contribution in [0, 0.1) is 10.1 Å². The largest absolute Gasteiger partial charge is 0.507 e. The average Bonchev–Trinajstić information content (AvgIpc) is 2.79. The molecule has 0 aromatic heterocycles. The quantitative estimate of drug-likeness (QED) is 0.262. The summed E-state index contributed by atoms with van der Waals surface area (Å²) in [6.07, 6.45) is 1.30. The van der Waals surface area contributed by atoms with Gasteiger partial charge in [-0.05, 0) is 41.5 Å². The van der Waals surface area contributed by atoms with Crippen molar-refractivity contribution in [2.24, 2.45) is 5.10 Å². The highest BCUT2D eigenvalue weighted by Gasteiger charge is 2.16. The molecule has 0 heterocycles. The standard InChI is InChI=1S/C22H17Cl2N3O6/c1-32-20-9-14(8-18(24)21(20)33-12-13-2-4-15(23)5-3-13)11-25-26-22(29)17-10-16(27(30)31)6-7-19(17)28/h2-11,28H,12H2,1H3,(H,26,29)/b25-11-. The van der Waals surface area contributed by atoms with Crippen LogP contribution in [0.4, 0.5) is 5.69 Å². The van der Waals surface area contributed by atoms with Gasteiger partial charge in [0.1, 0.15) is 12.4 Å². The Morgan fingerprint density at radius 1 is 1.18 bits per heavy atom. The number of ether oxygens (including phenoxy) is 2. The predicted octanol–water partition coefficient (Wildman–Crippen LogP) is 4.96. The number of rotatable bonds is 8. The Morgan fingerprint density at radius 3 is 2.58 bits per heavy atom. The molecule has 0 atom stereocenters. The molecule has 33 heavy (non-hydrogen) atoms. The highest BCUT2D eigenvalue weighted by atomic mass is 35.5. The minimum Gasteiger partial charge on any atom is -0.507 e. The molecule has 0 fully saturated rings. The van der Waals surface area contributed by atoms with Crippen molar-refractivity contribution in [1.29, 1.82) is 0 Å². The first-order valence-electron chi connectivity index (χ1n) is 9.34. The molecular weight excluding hydrogens is 473 g/mol. The lowest BCUT2D eigenvalue weighted by Gasteiger charge is -2.13. The molecule has 0 aliphatic carbocycles. The number of hydrogen-bond donors (Lipinski definition) is 2. The van der Waals surface area contributed by atoms with Crippen LogP contribution in [0.15, 0.2) is 59.7 Å². The van der Waals surface area contributed by atoms with E-state index in [9.17, 15) is 20.0 Å². The van der Waals surface area contributed by atoms with Gasteiger partial charge in [0.15, 0.2) is 11.5 Å². The van der Waals surface area contributed by atoms with Gasteiger partial charge in [-0.2, -0.15) is 5.10 Å². The van der Waals surface area contributed by atoms with Crippen molar-refractivity contribution in [3.63, 3.8) is 0 Å². The summed E-state index contributed by atoms with van der Waals surface area (Å²) >= 11 is 12.2. The molecule has 0 spiro atoms. The van der Waals surface area contributed by atoms with Crippen LogP contribution in [0.1, 0.15) is 21.5 Å². The fourth-order valence-electron chi connectivity index (χ4n) is 2.74. The van der Waals surface area contributed by atoms with Gasteiger partial charge in [0.25, 0.3) is 11.6 Å². The Morgan fingerprint density at radius 2 is 1.91 bits per heavy atom. The van der Waals surface area contributed by atoms with Crippen molar-refractivity contribution >= 4 is 41.0 Å². The van der Waals surface area contributed by atoms with E-state index in [0.717, 1.165) is 23.8 Å². The van der Waals surface area contributed by atoms with E-state index >= 15 is 0 Å². The van der Waals surface area contributed by atoms with E-state index in [1.807, 2.05) is 12.1 Å². The number of amides is 1. The SMILES string of the molecule is COc1cc(/C=N\NC(=O)c2cc([N+](=O)[O-])ccc2O)cc(Cl)c1OCc1ccc(Cl)cc1. The van der Waals surface area contributed by atoms with Crippen molar-refractivity contribution < 1.29 is 24.3 Å². The summed E-state index contributed by atoms with van der Waals surface area (Å²) < 4.78 is 11.1. The van der Waals surface area contributed by atoms with Gasteiger partial charge in [0, 0.05) is 17.2 Å². The second-order valence-electron chi connectivity index (χ2n) is 6.61. The molecule has 3 aromatic carbocycles. The number of carbonyl (C=O) groups is 1. The van der Waals surface area contributed by atoms with Crippen LogP contribution in [0.2, 0.25) is 10.0 Å². The van der Waals surface area contributed by atoms with E-state index in [-0.39, 0.29) is 22.9 Å². The molecule has 1 amide bonds. The number of nitrogens with zero attached hydrogens (tertiary/aromatic N) is 2. The van der Waals surface area contributed by atoms with E-state index < -0.39 is 16.6 Å². The number of nitro benzene ring substituents is 1. The van der Waals surface area contributed by atoms with Crippen molar-refractivity contribution in [2.75, 3.05) is 7.11 Å². The third-order valence-corrected chi connectivity index (χ3v) is 4.90. The van der Waals surface area contributed by atoms with Crippen LogP contribution in [-0.2, 0) is 6.61 Å². The lowest BCUT2D eigenvalue weighted by Crippen LogP contribution is -2.18. The molecule has 0 saturated heterocycles. The monoisotopic (exact) mass is 489 g/mol. The van der Waals surface area contributed by atoms with Crippen LogP contribution in [0.5, 0.6) is 17.2 Å².